The topological polar surface area (TPSA) is 69.6 Å². The van der Waals surface area contributed by atoms with Gasteiger partial charge < -0.3 is 14.9 Å². The average molecular weight is 326 g/mol. The van der Waals surface area contributed by atoms with E-state index in [-0.39, 0.29) is 11.9 Å². The van der Waals surface area contributed by atoms with Crippen molar-refractivity contribution >= 4 is 11.7 Å². The second-order valence-electron chi connectivity index (χ2n) is 6.06. The van der Waals surface area contributed by atoms with E-state index in [0.717, 1.165) is 31.7 Å². The van der Waals surface area contributed by atoms with E-state index in [2.05, 4.69) is 15.1 Å². The van der Waals surface area contributed by atoms with Gasteiger partial charge >= 0.3 is 0 Å². The number of anilines is 1. The van der Waals surface area contributed by atoms with Crippen LogP contribution in [-0.2, 0) is 4.79 Å². The normalized spacial score (nSPS) is 16.7. The first-order valence-corrected chi connectivity index (χ1v) is 8.19. The number of piperidine rings is 1. The summed E-state index contributed by atoms with van der Waals surface area (Å²) in [6, 6.07) is 13.0. The highest BCUT2D eigenvalue weighted by Gasteiger charge is 2.29. The molecule has 1 aromatic heterocycles. The fourth-order valence-electron chi connectivity index (χ4n) is 3.10. The van der Waals surface area contributed by atoms with Gasteiger partial charge in [-0.15, -0.1) is 5.10 Å². The second-order valence-corrected chi connectivity index (χ2v) is 6.06. The summed E-state index contributed by atoms with van der Waals surface area (Å²) < 4.78 is 0. The maximum Gasteiger partial charge on any atom is 0.256 e. The highest BCUT2D eigenvalue weighted by molar-refractivity contribution is 5.82. The highest BCUT2D eigenvalue weighted by atomic mass is 16.3. The monoisotopic (exact) mass is 326 g/mol. The van der Waals surface area contributed by atoms with Crippen molar-refractivity contribution < 1.29 is 9.90 Å². The van der Waals surface area contributed by atoms with Gasteiger partial charge in [-0.3, -0.25) is 4.79 Å². The SMILES string of the molecule is CN(C(=O)C(O)c1ccccc1)C1CCN(c2cccnn2)CC1. The molecule has 2 heterocycles. The van der Waals surface area contributed by atoms with Crippen molar-refractivity contribution in [3.63, 3.8) is 0 Å². The van der Waals surface area contributed by atoms with Crippen LogP contribution >= 0.6 is 0 Å². The summed E-state index contributed by atoms with van der Waals surface area (Å²) in [5, 5.41) is 18.3. The summed E-state index contributed by atoms with van der Waals surface area (Å²) in [6.07, 6.45) is 2.25. The average Bonchev–Trinajstić information content (AvgIpc) is 2.68. The first-order valence-electron chi connectivity index (χ1n) is 8.19. The Morgan fingerprint density at radius 3 is 2.54 bits per heavy atom. The van der Waals surface area contributed by atoms with Crippen molar-refractivity contribution in [2.24, 2.45) is 0 Å². The lowest BCUT2D eigenvalue weighted by Gasteiger charge is -2.37. The van der Waals surface area contributed by atoms with Gasteiger partial charge in [0.2, 0.25) is 0 Å². The summed E-state index contributed by atoms with van der Waals surface area (Å²) in [5.41, 5.74) is 0.631. The first-order chi connectivity index (χ1) is 11.7. The minimum Gasteiger partial charge on any atom is -0.378 e. The molecule has 3 rings (SSSR count). The lowest BCUT2D eigenvalue weighted by molar-refractivity contribution is -0.141. The predicted molar refractivity (Wildman–Crippen MR) is 91.4 cm³/mol. The Hall–Kier alpha value is -2.47. The van der Waals surface area contributed by atoms with Crippen molar-refractivity contribution in [1.29, 1.82) is 0 Å². The Morgan fingerprint density at radius 2 is 1.92 bits per heavy atom. The third-order valence-electron chi connectivity index (χ3n) is 4.59. The van der Waals surface area contributed by atoms with Gasteiger partial charge in [0.1, 0.15) is 0 Å². The van der Waals surface area contributed by atoms with E-state index >= 15 is 0 Å². The zero-order valence-corrected chi connectivity index (χ0v) is 13.7. The number of amides is 1. The van der Waals surface area contributed by atoms with E-state index in [4.69, 9.17) is 0 Å². The van der Waals surface area contributed by atoms with E-state index in [1.165, 1.54) is 0 Å². The van der Waals surface area contributed by atoms with Gasteiger partial charge in [0.15, 0.2) is 11.9 Å². The van der Waals surface area contributed by atoms with Crippen LogP contribution in [0.3, 0.4) is 0 Å². The standard InChI is InChI=1S/C18H22N4O2/c1-21(18(24)17(23)14-6-3-2-4-7-14)15-9-12-22(13-10-15)16-8-5-11-19-20-16/h2-8,11,15,17,23H,9-10,12-13H2,1H3. The van der Waals surface area contributed by atoms with Crippen LogP contribution in [-0.4, -0.2) is 52.3 Å². The number of carbonyl (C=O) groups excluding carboxylic acids is 1. The van der Waals surface area contributed by atoms with E-state index in [1.54, 1.807) is 30.3 Å². The largest absolute Gasteiger partial charge is 0.378 e. The number of aliphatic hydroxyl groups is 1. The van der Waals surface area contributed by atoms with Crippen LogP contribution in [0.2, 0.25) is 0 Å². The molecular formula is C18H22N4O2. The molecule has 1 fully saturated rings. The zero-order valence-electron chi connectivity index (χ0n) is 13.7. The Morgan fingerprint density at radius 1 is 1.21 bits per heavy atom. The fourth-order valence-corrected chi connectivity index (χ4v) is 3.10. The fraction of sp³-hybridized carbons (Fsp3) is 0.389. The molecule has 0 spiro atoms. The molecule has 1 aromatic carbocycles. The third-order valence-corrected chi connectivity index (χ3v) is 4.59. The van der Waals surface area contributed by atoms with Gasteiger partial charge in [0, 0.05) is 32.4 Å². The van der Waals surface area contributed by atoms with Crippen LogP contribution in [0.1, 0.15) is 24.5 Å². The Balaban J connectivity index is 1.58. The number of rotatable bonds is 4. The van der Waals surface area contributed by atoms with Crippen LogP contribution in [0.25, 0.3) is 0 Å². The molecule has 2 aromatic rings. The van der Waals surface area contributed by atoms with Crippen molar-refractivity contribution in [2.45, 2.75) is 25.0 Å². The molecule has 1 N–H and O–H groups in total. The smallest absolute Gasteiger partial charge is 0.256 e. The molecule has 1 atom stereocenters. The van der Waals surface area contributed by atoms with Crippen LogP contribution in [0, 0.1) is 0 Å². The summed E-state index contributed by atoms with van der Waals surface area (Å²) in [6.45, 7) is 1.64. The number of carbonyl (C=O) groups is 1. The minimum atomic E-state index is -1.10. The Labute approximate surface area is 141 Å². The summed E-state index contributed by atoms with van der Waals surface area (Å²) >= 11 is 0. The summed E-state index contributed by atoms with van der Waals surface area (Å²) in [4.78, 5) is 16.4. The first kappa shape index (κ1) is 16.4. The number of benzene rings is 1. The van der Waals surface area contributed by atoms with Gasteiger partial charge in [-0.2, -0.15) is 5.10 Å². The molecular weight excluding hydrogens is 304 g/mol. The molecule has 1 aliphatic rings. The molecule has 126 valence electrons. The van der Waals surface area contributed by atoms with Crippen LogP contribution in [0.5, 0.6) is 0 Å². The van der Waals surface area contributed by atoms with Gasteiger partial charge in [0.05, 0.1) is 0 Å². The number of likely N-dealkylation sites (N-methyl/N-ethyl adjacent to an activating group) is 1. The highest BCUT2D eigenvalue weighted by Crippen LogP contribution is 2.22. The Kier molecular flexibility index (Phi) is 5.05. The quantitative estimate of drug-likeness (QED) is 0.925. The van der Waals surface area contributed by atoms with Gasteiger partial charge in [-0.05, 0) is 30.5 Å². The number of aliphatic hydroxyl groups excluding tert-OH is 1. The molecule has 1 aliphatic heterocycles. The lowest BCUT2D eigenvalue weighted by Crippen LogP contribution is -2.47. The van der Waals surface area contributed by atoms with E-state index in [1.807, 2.05) is 30.3 Å². The molecule has 6 nitrogen and oxygen atoms in total. The van der Waals surface area contributed by atoms with Crippen molar-refractivity contribution in [3.8, 4) is 0 Å². The second kappa shape index (κ2) is 7.40. The molecule has 24 heavy (non-hydrogen) atoms. The molecule has 1 unspecified atom stereocenters. The van der Waals surface area contributed by atoms with E-state index < -0.39 is 6.10 Å². The third kappa shape index (κ3) is 3.54. The molecule has 0 radical (unpaired) electrons. The number of aromatic nitrogens is 2. The van der Waals surface area contributed by atoms with E-state index in [0.29, 0.717) is 5.56 Å². The maximum absolute atomic E-state index is 12.5. The molecule has 6 heteroatoms. The molecule has 1 amide bonds. The summed E-state index contributed by atoms with van der Waals surface area (Å²) in [5.74, 6) is 0.619. The molecule has 0 bridgehead atoms. The zero-order chi connectivity index (χ0) is 16.9. The van der Waals surface area contributed by atoms with Crippen molar-refractivity contribution in [2.75, 3.05) is 25.0 Å². The number of hydrogen-bond donors (Lipinski definition) is 1. The van der Waals surface area contributed by atoms with Crippen LogP contribution in [0.4, 0.5) is 5.82 Å². The van der Waals surface area contributed by atoms with Crippen molar-refractivity contribution in [1.82, 2.24) is 15.1 Å². The van der Waals surface area contributed by atoms with Crippen LogP contribution in [0.15, 0.2) is 48.7 Å². The Bertz CT molecular complexity index is 657. The maximum atomic E-state index is 12.5. The molecule has 0 aliphatic carbocycles. The lowest BCUT2D eigenvalue weighted by atomic mass is 10.0. The minimum absolute atomic E-state index is 0.129. The van der Waals surface area contributed by atoms with Gasteiger partial charge in [-0.25, -0.2) is 0 Å². The van der Waals surface area contributed by atoms with E-state index in [9.17, 15) is 9.90 Å². The van der Waals surface area contributed by atoms with Gasteiger partial charge in [0.25, 0.3) is 5.91 Å². The number of nitrogens with zero attached hydrogens (tertiary/aromatic N) is 4. The van der Waals surface area contributed by atoms with Gasteiger partial charge in [-0.1, -0.05) is 30.3 Å². The summed E-state index contributed by atoms with van der Waals surface area (Å²) in [7, 11) is 1.77. The van der Waals surface area contributed by atoms with Crippen LogP contribution < -0.4 is 4.90 Å². The molecule has 0 saturated carbocycles. The predicted octanol–water partition coefficient (Wildman–Crippen LogP) is 1.64. The molecule has 1 saturated heterocycles. The number of hydrogen-bond acceptors (Lipinski definition) is 5. The van der Waals surface area contributed by atoms with Crippen molar-refractivity contribution in [3.05, 3.63) is 54.2 Å².